The molecule has 92 valence electrons. The maximum absolute atomic E-state index is 10.8. The molecule has 16 heavy (non-hydrogen) atoms. The summed E-state index contributed by atoms with van der Waals surface area (Å²) in [4.78, 5) is 10.8. The SMILES string of the molecule is C=CC(C)(CCC=C(C)C)CC(C)C(=O)O. The Bertz CT molecular complexity index is 274. The van der Waals surface area contributed by atoms with Crippen LogP contribution in [0.4, 0.5) is 0 Å². The van der Waals surface area contributed by atoms with Gasteiger partial charge in [0.2, 0.25) is 0 Å². The quantitative estimate of drug-likeness (QED) is 0.663. The van der Waals surface area contributed by atoms with Gasteiger partial charge >= 0.3 is 5.97 Å². The van der Waals surface area contributed by atoms with Crippen LogP contribution in [0.2, 0.25) is 0 Å². The Hall–Kier alpha value is -1.05. The fraction of sp³-hybridized carbons (Fsp3) is 0.643. The van der Waals surface area contributed by atoms with Crippen LogP contribution in [-0.4, -0.2) is 11.1 Å². The molecule has 2 unspecified atom stereocenters. The average molecular weight is 224 g/mol. The maximum Gasteiger partial charge on any atom is 0.306 e. The summed E-state index contributed by atoms with van der Waals surface area (Å²) >= 11 is 0. The Morgan fingerprint density at radius 2 is 2.06 bits per heavy atom. The lowest BCUT2D eigenvalue weighted by Crippen LogP contribution is -2.21. The molecular formula is C14H24O2. The van der Waals surface area contributed by atoms with Crippen molar-refractivity contribution >= 4 is 5.97 Å². The first-order valence-electron chi connectivity index (χ1n) is 5.80. The summed E-state index contributed by atoms with van der Waals surface area (Å²) in [7, 11) is 0. The highest BCUT2D eigenvalue weighted by Gasteiger charge is 2.25. The van der Waals surface area contributed by atoms with E-state index in [1.165, 1.54) is 5.57 Å². The van der Waals surface area contributed by atoms with E-state index in [4.69, 9.17) is 5.11 Å². The molecule has 0 aromatic heterocycles. The molecule has 0 bridgehead atoms. The summed E-state index contributed by atoms with van der Waals surface area (Å²) in [6.07, 6.45) is 6.68. The van der Waals surface area contributed by atoms with Gasteiger partial charge in [0.05, 0.1) is 5.92 Å². The zero-order valence-corrected chi connectivity index (χ0v) is 10.9. The topological polar surface area (TPSA) is 37.3 Å². The summed E-state index contributed by atoms with van der Waals surface area (Å²) in [5, 5.41) is 8.91. The lowest BCUT2D eigenvalue weighted by Gasteiger charge is -2.27. The molecule has 0 heterocycles. The predicted octanol–water partition coefficient (Wildman–Crippen LogP) is 4.04. The highest BCUT2D eigenvalue weighted by Crippen LogP contribution is 2.32. The molecule has 2 nitrogen and oxygen atoms in total. The molecule has 2 heteroatoms. The van der Waals surface area contributed by atoms with Crippen molar-refractivity contribution in [3.05, 3.63) is 24.3 Å². The Labute approximate surface area is 99.1 Å². The molecule has 0 saturated heterocycles. The number of hydrogen-bond donors (Lipinski definition) is 1. The van der Waals surface area contributed by atoms with Crippen LogP contribution in [0.15, 0.2) is 24.3 Å². The van der Waals surface area contributed by atoms with Gasteiger partial charge in [-0.3, -0.25) is 4.79 Å². The van der Waals surface area contributed by atoms with E-state index in [2.05, 4.69) is 33.4 Å². The van der Waals surface area contributed by atoms with Crippen LogP contribution in [0.25, 0.3) is 0 Å². The van der Waals surface area contributed by atoms with E-state index in [1.54, 1.807) is 6.92 Å². The number of carboxylic acids is 1. The fourth-order valence-electron chi connectivity index (χ4n) is 1.76. The van der Waals surface area contributed by atoms with Crippen LogP contribution in [0.5, 0.6) is 0 Å². The number of carboxylic acid groups (broad SMARTS) is 1. The van der Waals surface area contributed by atoms with Crippen LogP contribution >= 0.6 is 0 Å². The summed E-state index contributed by atoms with van der Waals surface area (Å²) in [5.74, 6) is -1.04. The number of carbonyl (C=O) groups is 1. The third-order valence-electron chi connectivity index (χ3n) is 2.95. The van der Waals surface area contributed by atoms with Crippen molar-refractivity contribution in [1.29, 1.82) is 0 Å². The van der Waals surface area contributed by atoms with E-state index >= 15 is 0 Å². The van der Waals surface area contributed by atoms with E-state index in [9.17, 15) is 4.79 Å². The predicted molar refractivity (Wildman–Crippen MR) is 68.4 cm³/mol. The second kappa shape index (κ2) is 6.51. The molecule has 0 aliphatic heterocycles. The second-order valence-corrected chi connectivity index (χ2v) is 5.12. The molecule has 0 spiro atoms. The van der Waals surface area contributed by atoms with Crippen molar-refractivity contribution in [2.24, 2.45) is 11.3 Å². The molecule has 0 amide bonds. The highest BCUT2D eigenvalue weighted by molar-refractivity contribution is 5.69. The Morgan fingerprint density at radius 1 is 1.50 bits per heavy atom. The minimum absolute atomic E-state index is 0.0796. The minimum Gasteiger partial charge on any atom is -0.481 e. The van der Waals surface area contributed by atoms with E-state index in [0.717, 1.165) is 12.8 Å². The number of aliphatic carboxylic acids is 1. The maximum atomic E-state index is 10.8. The molecule has 0 saturated carbocycles. The van der Waals surface area contributed by atoms with Crippen molar-refractivity contribution in [2.45, 2.75) is 47.0 Å². The average Bonchev–Trinajstić information content (AvgIpc) is 2.16. The van der Waals surface area contributed by atoms with Crippen LogP contribution in [0.3, 0.4) is 0 Å². The first-order valence-corrected chi connectivity index (χ1v) is 5.80. The van der Waals surface area contributed by atoms with Gasteiger partial charge in [0, 0.05) is 0 Å². The number of allylic oxidation sites excluding steroid dienone is 3. The summed E-state index contributed by atoms with van der Waals surface area (Å²) in [6.45, 7) is 11.8. The lowest BCUT2D eigenvalue weighted by molar-refractivity contribution is -0.142. The van der Waals surface area contributed by atoms with Gasteiger partial charge in [-0.25, -0.2) is 0 Å². The van der Waals surface area contributed by atoms with Crippen LogP contribution in [0, 0.1) is 11.3 Å². The van der Waals surface area contributed by atoms with Crippen molar-refractivity contribution in [3.8, 4) is 0 Å². The summed E-state index contributed by atoms with van der Waals surface area (Å²) in [6, 6.07) is 0. The molecule has 0 rings (SSSR count). The van der Waals surface area contributed by atoms with E-state index < -0.39 is 5.97 Å². The van der Waals surface area contributed by atoms with Gasteiger partial charge in [-0.15, -0.1) is 6.58 Å². The molecule has 0 aromatic rings. The van der Waals surface area contributed by atoms with Gasteiger partial charge in [0.25, 0.3) is 0 Å². The molecule has 0 aromatic carbocycles. The normalized spacial score (nSPS) is 16.0. The monoisotopic (exact) mass is 224 g/mol. The molecular weight excluding hydrogens is 200 g/mol. The van der Waals surface area contributed by atoms with E-state index in [0.29, 0.717) is 6.42 Å². The second-order valence-electron chi connectivity index (χ2n) is 5.12. The smallest absolute Gasteiger partial charge is 0.306 e. The molecule has 0 aliphatic carbocycles. The highest BCUT2D eigenvalue weighted by atomic mass is 16.4. The first-order chi connectivity index (χ1) is 7.30. The van der Waals surface area contributed by atoms with Crippen molar-refractivity contribution in [3.63, 3.8) is 0 Å². The van der Waals surface area contributed by atoms with Gasteiger partial charge < -0.3 is 5.11 Å². The molecule has 0 radical (unpaired) electrons. The number of rotatable bonds is 7. The molecule has 0 fully saturated rings. The zero-order chi connectivity index (χ0) is 12.8. The zero-order valence-electron chi connectivity index (χ0n) is 10.9. The standard InChI is InChI=1S/C14H24O2/c1-6-14(5,9-7-8-11(2)3)10-12(4)13(15)16/h6,8,12H,1,7,9-10H2,2-5H3,(H,15,16). The summed E-state index contributed by atoms with van der Waals surface area (Å²) in [5.41, 5.74) is 1.22. The molecule has 0 aliphatic rings. The van der Waals surface area contributed by atoms with Gasteiger partial charge in [0.1, 0.15) is 0 Å². The van der Waals surface area contributed by atoms with E-state index in [1.807, 2.05) is 6.08 Å². The van der Waals surface area contributed by atoms with Crippen LogP contribution < -0.4 is 0 Å². The first kappa shape index (κ1) is 14.9. The Kier molecular flexibility index (Phi) is 6.09. The molecule has 1 N–H and O–H groups in total. The van der Waals surface area contributed by atoms with Crippen molar-refractivity contribution < 1.29 is 9.90 Å². The van der Waals surface area contributed by atoms with Gasteiger partial charge in [-0.2, -0.15) is 0 Å². The van der Waals surface area contributed by atoms with E-state index in [-0.39, 0.29) is 11.3 Å². The largest absolute Gasteiger partial charge is 0.481 e. The third-order valence-corrected chi connectivity index (χ3v) is 2.95. The number of hydrogen-bond acceptors (Lipinski definition) is 1. The van der Waals surface area contributed by atoms with Crippen LogP contribution in [-0.2, 0) is 4.79 Å². The van der Waals surface area contributed by atoms with Crippen molar-refractivity contribution in [2.75, 3.05) is 0 Å². The van der Waals surface area contributed by atoms with Crippen LogP contribution in [0.1, 0.15) is 47.0 Å². The minimum atomic E-state index is -0.727. The Balaban J connectivity index is 4.36. The Morgan fingerprint density at radius 3 is 2.44 bits per heavy atom. The summed E-state index contributed by atoms with van der Waals surface area (Å²) < 4.78 is 0. The fourth-order valence-corrected chi connectivity index (χ4v) is 1.76. The molecule has 2 atom stereocenters. The third kappa shape index (κ3) is 5.74. The lowest BCUT2D eigenvalue weighted by atomic mass is 9.78. The van der Waals surface area contributed by atoms with Crippen molar-refractivity contribution in [1.82, 2.24) is 0 Å². The van der Waals surface area contributed by atoms with Gasteiger partial charge in [-0.05, 0) is 38.5 Å². The van der Waals surface area contributed by atoms with Gasteiger partial charge in [0.15, 0.2) is 0 Å². The van der Waals surface area contributed by atoms with Gasteiger partial charge in [-0.1, -0.05) is 31.6 Å².